The molecule has 1 amide bonds. The zero-order chi connectivity index (χ0) is 15.9. The van der Waals surface area contributed by atoms with Gasteiger partial charge in [0.25, 0.3) is 5.91 Å². The second kappa shape index (κ2) is 7.96. The minimum atomic E-state index is -0.408. The maximum Gasteiger partial charge on any atom is 0.306 e. The van der Waals surface area contributed by atoms with E-state index < -0.39 is 11.9 Å². The maximum atomic E-state index is 11.7. The van der Waals surface area contributed by atoms with Crippen LogP contribution in [0.15, 0.2) is 35.0 Å². The molecule has 0 spiro atoms. The van der Waals surface area contributed by atoms with Gasteiger partial charge in [-0.05, 0) is 53.4 Å². The molecule has 0 saturated heterocycles. The van der Waals surface area contributed by atoms with Crippen molar-refractivity contribution in [1.82, 2.24) is 0 Å². The quantitative estimate of drug-likeness (QED) is 0.815. The van der Waals surface area contributed by atoms with E-state index in [2.05, 4.69) is 5.32 Å². The van der Waals surface area contributed by atoms with Gasteiger partial charge in [-0.3, -0.25) is 9.59 Å². The number of carbonyl (C=O) groups is 2. The Balaban J connectivity index is 1.74. The Labute approximate surface area is 138 Å². The van der Waals surface area contributed by atoms with Crippen LogP contribution in [0.2, 0.25) is 5.02 Å². The summed E-state index contributed by atoms with van der Waals surface area (Å²) in [4.78, 5) is 23.3. The molecule has 1 aromatic carbocycles. The highest BCUT2D eigenvalue weighted by atomic mass is 35.5. The summed E-state index contributed by atoms with van der Waals surface area (Å²) in [7, 11) is 0. The van der Waals surface area contributed by atoms with Crippen LogP contribution in [0.5, 0.6) is 0 Å². The summed E-state index contributed by atoms with van der Waals surface area (Å²) in [5, 5.41) is 7.01. The van der Waals surface area contributed by atoms with Crippen LogP contribution in [0.1, 0.15) is 17.5 Å². The molecular weight excluding hydrogens is 322 g/mol. The number of hydrogen-bond donors (Lipinski definition) is 1. The van der Waals surface area contributed by atoms with E-state index in [-0.39, 0.29) is 13.0 Å². The van der Waals surface area contributed by atoms with Gasteiger partial charge in [0.2, 0.25) is 0 Å². The molecule has 4 nitrogen and oxygen atoms in total. The predicted molar refractivity (Wildman–Crippen MR) is 88.4 cm³/mol. The van der Waals surface area contributed by atoms with Crippen molar-refractivity contribution in [1.29, 1.82) is 0 Å². The van der Waals surface area contributed by atoms with Crippen molar-refractivity contribution < 1.29 is 14.3 Å². The van der Waals surface area contributed by atoms with E-state index in [9.17, 15) is 9.59 Å². The Kier molecular flexibility index (Phi) is 5.98. The zero-order valence-electron chi connectivity index (χ0n) is 12.1. The molecule has 0 aliphatic rings. The van der Waals surface area contributed by atoms with Crippen molar-refractivity contribution in [3.05, 3.63) is 51.2 Å². The number of amides is 1. The molecular formula is C16H16ClNO3S. The van der Waals surface area contributed by atoms with Crippen molar-refractivity contribution in [2.75, 3.05) is 11.9 Å². The molecule has 2 aromatic rings. The molecule has 0 radical (unpaired) electrons. The number of aryl methyl sites for hydroxylation is 2. The van der Waals surface area contributed by atoms with Crippen molar-refractivity contribution >= 4 is 40.5 Å². The number of ether oxygens (including phenoxy) is 1. The van der Waals surface area contributed by atoms with Gasteiger partial charge in [-0.1, -0.05) is 17.7 Å². The minimum Gasteiger partial charge on any atom is -0.456 e. The molecule has 1 heterocycles. The summed E-state index contributed by atoms with van der Waals surface area (Å²) in [6.07, 6.45) is 0.878. The van der Waals surface area contributed by atoms with Crippen LogP contribution in [0, 0.1) is 6.92 Å². The van der Waals surface area contributed by atoms with Gasteiger partial charge in [0.05, 0.1) is 10.7 Å². The highest BCUT2D eigenvalue weighted by Crippen LogP contribution is 2.22. The number of thiophene rings is 1. The first-order chi connectivity index (χ1) is 10.5. The van der Waals surface area contributed by atoms with Crippen LogP contribution in [0.3, 0.4) is 0 Å². The Hall–Kier alpha value is -1.85. The van der Waals surface area contributed by atoms with Crippen molar-refractivity contribution in [3.8, 4) is 0 Å². The first-order valence-electron chi connectivity index (χ1n) is 6.77. The lowest BCUT2D eigenvalue weighted by atomic mass is 10.2. The molecule has 0 unspecified atom stereocenters. The number of anilines is 1. The molecule has 0 bridgehead atoms. The molecule has 116 valence electrons. The highest BCUT2D eigenvalue weighted by Gasteiger charge is 2.10. The highest BCUT2D eigenvalue weighted by molar-refractivity contribution is 7.07. The fourth-order valence-electron chi connectivity index (χ4n) is 1.81. The fourth-order valence-corrected chi connectivity index (χ4v) is 2.79. The molecule has 0 aliphatic heterocycles. The Bertz CT molecular complexity index is 655. The lowest BCUT2D eigenvalue weighted by Crippen LogP contribution is -2.21. The third kappa shape index (κ3) is 5.16. The molecule has 22 heavy (non-hydrogen) atoms. The van der Waals surface area contributed by atoms with Gasteiger partial charge in [-0.15, -0.1) is 0 Å². The third-order valence-electron chi connectivity index (χ3n) is 2.96. The SMILES string of the molecule is Cc1ccc(NC(=O)COC(=O)CCc2ccsc2)c(Cl)c1. The van der Waals surface area contributed by atoms with Gasteiger partial charge < -0.3 is 10.1 Å². The van der Waals surface area contributed by atoms with Crippen molar-refractivity contribution in [2.24, 2.45) is 0 Å². The lowest BCUT2D eigenvalue weighted by Gasteiger charge is -2.08. The topological polar surface area (TPSA) is 55.4 Å². The van der Waals surface area contributed by atoms with Crippen molar-refractivity contribution in [2.45, 2.75) is 19.8 Å². The molecule has 1 aromatic heterocycles. The number of halogens is 1. The second-order valence-corrected chi connectivity index (χ2v) is 6.01. The second-order valence-electron chi connectivity index (χ2n) is 4.82. The summed E-state index contributed by atoms with van der Waals surface area (Å²) in [5.74, 6) is -0.800. The molecule has 1 N–H and O–H groups in total. The number of esters is 1. The van der Waals surface area contributed by atoms with Gasteiger partial charge in [0, 0.05) is 6.42 Å². The van der Waals surface area contributed by atoms with Gasteiger partial charge in [0.15, 0.2) is 6.61 Å². The average Bonchev–Trinajstić information content (AvgIpc) is 2.99. The van der Waals surface area contributed by atoms with Crippen LogP contribution in [0.4, 0.5) is 5.69 Å². The molecule has 6 heteroatoms. The predicted octanol–water partition coefficient (Wildman–Crippen LogP) is 3.82. The van der Waals surface area contributed by atoms with Crippen LogP contribution in [0.25, 0.3) is 0 Å². The summed E-state index contributed by atoms with van der Waals surface area (Å²) in [5.41, 5.74) is 2.60. The zero-order valence-corrected chi connectivity index (χ0v) is 13.7. The van der Waals surface area contributed by atoms with E-state index in [0.717, 1.165) is 11.1 Å². The van der Waals surface area contributed by atoms with Crippen LogP contribution in [-0.2, 0) is 20.7 Å². The van der Waals surface area contributed by atoms with Gasteiger partial charge in [0.1, 0.15) is 0 Å². The first-order valence-corrected chi connectivity index (χ1v) is 8.09. The fraction of sp³-hybridized carbons (Fsp3) is 0.250. The normalized spacial score (nSPS) is 10.3. The van der Waals surface area contributed by atoms with E-state index in [1.54, 1.807) is 23.5 Å². The monoisotopic (exact) mass is 337 g/mol. The Morgan fingerprint density at radius 2 is 2.14 bits per heavy atom. The van der Waals surface area contributed by atoms with E-state index >= 15 is 0 Å². The number of rotatable bonds is 6. The van der Waals surface area contributed by atoms with E-state index in [1.165, 1.54) is 0 Å². The molecule has 0 saturated carbocycles. The van der Waals surface area contributed by atoms with Crippen LogP contribution >= 0.6 is 22.9 Å². The van der Waals surface area contributed by atoms with Gasteiger partial charge in [-0.2, -0.15) is 11.3 Å². The molecule has 0 aliphatic carbocycles. The van der Waals surface area contributed by atoms with Crippen LogP contribution in [-0.4, -0.2) is 18.5 Å². The standard InChI is InChI=1S/C16H16ClNO3S/c1-11-2-4-14(13(17)8-11)18-15(19)9-21-16(20)5-3-12-6-7-22-10-12/h2,4,6-8,10H,3,5,9H2,1H3,(H,18,19). The summed E-state index contributed by atoms with van der Waals surface area (Å²) in [6, 6.07) is 7.27. The average molecular weight is 338 g/mol. The Morgan fingerprint density at radius 3 is 2.82 bits per heavy atom. The van der Waals surface area contributed by atoms with Gasteiger partial charge in [-0.25, -0.2) is 0 Å². The van der Waals surface area contributed by atoms with E-state index in [0.29, 0.717) is 17.1 Å². The summed E-state index contributed by atoms with van der Waals surface area (Å²) >= 11 is 7.61. The summed E-state index contributed by atoms with van der Waals surface area (Å²) < 4.78 is 4.95. The largest absolute Gasteiger partial charge is 0.456 e. The lowest BCUT2D eigenvalue weighted by molar-refractivity contribution is -0.147. The Morgan fingerprint density at radius 1 is 1.32 bits per heavy atom. The number of hydrogen-bond acceptors (Lipinski definition) is 4. The number of benzene rings is 1. The van der Waals surface area contributed by atoms with E-state index in [4.69, 9.17) is 16.3 Å². The third-order valence-corrected chi connectivity index (χ3v) is 4.01. The molecule has 2 rings (SSSR count). The van der Waals surface area contributed by atoms with E-state index in [1.807, 2.05) is 29.8 Å². The smallest absolute Gasteiger partial charge is 0.306 e. The summed E-state index contributed by atoms with van der Waals surface area (Å²) in [6.45, 7) is 1.60. The number of nitrogens with one attached hydrogen (secondary N) is 1. The first kappa shape index (κ1) is 16.5. The van der Waals surface area contributed by atoms with Crippen molar-refractivity contribution in [3.63, 3.8) is 0 Å². The minimum absolute atomic E-state index is 0.259. The maximum absolute atomic E-state index is 11.7. The van der Waals surface area contributed by atoms with Crippen LogP contribution < -0.4 is 5.32 Å². The molecule has 0 atom stereocenters. The number of carbonyl (C=O) groups excluding carboxylic acids is 2. The van der Waals surface area contributed by atoms with Gasteiger partial charge >= 0.3 is 5.97 Å². The molecule has 0 fully saturated rings.